The standard InChI is InChI=1S/C25H23N3O3S/c1-18-27-24(31-28-18)17-32-23-14-8-6-12-21(23)25(29)26-15-16-30-22-13-7-5-11-20(22)19-9-3-2-4-10-19/h2-14H,15-17H2,1H3,(H,26,29). The summed E-state index contributed by atoms with van der Waals surface area (Å²) in [7, 11) is 0. The van der Waals surface area contributed by atoms with Gasteiger partial charge in [0.05, 0.1) is 17.9 Å². The van der Waals surface area contributed by atoms with E-state index in [9.17, 15) is 4.79 Å². The first-order valence-corrected chi connectivity index (χ1v) is 11.3. The van der Waals surface area contributed by atoms with Crippen LogP contribution >= 0.6 is 11.8 Å². The molecular formula is C25H23N3O3S. The van der Waals surface area contributed by atoms with Gasteiger partial charge in [0, 0.05) is 10.5 Å². The highest BCUT2D eigenvalue weighted by Gasteiger charge is 2.13. The van der Waals surface area contributed by atoms with Gasteiger partial charge in [0.2, 0.25) is 5.89 Å². The van der Waals surface area contributed by atoms with Gasteiger partial charge < -0.3 is 14.6 Å². The van der Waals surface area contributed by atoms with Gasteiger partial charge in [-0.05, 0) is 30.7 Å². The molecule has 0 fully saturated rings. The number of benzene rings is 3. The molecule has 7 heteroatoms. The third-order valence-corrected chi connectivity index (χ3v) is 5.73. The van der Waals surface area contributed by atoms with Crippen LogP contribution in [-0.4, -0.2) is 29.2 Å². The normalized spacial score (nSPS) is 10.7. The van der Waals surface area contributed by atoms with E-state index in [0.29, 0.717) is 36.2 Å². The molecule has 1 aromatic heterocycles. The quantitative estimate of drug-likeness (QED) is 0.284. The highest BCUT2D eigenvalue weighted by Crippen LogP contribution is 2.29. The second kappa shape index (κ2) is 10.6. The van der Waals surface area contributed by atoms with Crippen LogP contribution in [0.2, 0.25) is 0 Å². The molecule has 162 valence electrons. The molecule has 0 radical (unpaired) electrons. The van der Waals surface area contributed by atoms with Crippen molar-refractivity contribution < 1.29 is 14.1 Å². The van der Waals surface area contributed by atoms with Crippen molar-refractivity contribution in [2.24, 2.45) is 0 Å². The van der Waals surface area contributed by atoms with Gasteiger partial charge >= 0.3 is 0 Å². The second-order valence-corrected chi connectivity index (χ2v) is 8.00. The van der Waals surface area contributed by atoms with Crippen LogP contribution in [0, 0.1) is 6.92 Å². The molecule has 6 nitrogen and oxygen atoms in total. The smallest absolute Gasteiger partial charge is 0.252 e. The molecular weight excluding hydrogens is 422 g/mol. The zero-order valence-electron chi connectivity index (χ0n) is 17.7. The van der Waals surface area contributed by atoms with Gasteiger partial charge in [-0.3, -0.25) is 4.79 Å². The van der Waals surface area contributed by atoms with Crippen molar-refractivity contribution in [1.29, 1.82) is 0 Å². The SMILES string of the molecule is Cc1noc(CSc2ccccc2C(=O)NCCOc2ccccc2-c2ccccc2)n1. The van der Waals surface area contributed by atoms with E-state index >= 15 is 0 Å². The van der Waals surface area contributed by atoms with Crippen molar-refractivity contribution in [2.75, 3.05) is 13.2 Å². The lowest BCUT2D eigenvalue weighted by atomic mass is 10.1. The van der Waals surface area contributed by atoms with Gasteiger partial charge in [-0.1, -0.05) is 65.8 Å². The molecule has 0 aliphatic carbocycles. The Hall–Kier alpha value is -3.58. The van der Waals surface area contributed by atoms with E-state index in [2.05, 4.69) is 15.5 Å². The number of ether oxygens (including phenoxy) is 1. The molecule has 0 bridgehead atoms. The number of hydrogen-bond acceptors (Lipinski definition) is 6. The van der Waals surface area contributed by atoms with Crippen molar-refractivity contribution in [3.8, 4) is 16.9 Å². The Morgan fingerprint density at radius 3 is 2.56 bits per heavy atom. The molecule has 1 heterocycles. The summed E-state index contributed by atoms with van der Waals surface area (Å²) in [6.45, 7) is 2.54. The molecule has 0 aliphatic heterocycles. The van der Waals surface area contributed by atoms with Crippen LogP contribution in [0.15, 0.2) is 88.3 Å². The average Bonchev–Trinajstić information content (AvgIpc) is 3.26. The van der Waals surface area contributed by atoms with Gasteiger partial charge in [-0.25, -0.2) is 0 Å². The number of hydrogen-bond donors (Lipinski definition) is 1. The lowest BCUT2D eigenvalue weighted by Crippen LogP contribution is -2.28. The van der Waals surface area contributed by atoms with E-state index in [1.54, 1.807) is 6.92 Å². The van der Waals surface area contributed by atoms with Crippen molar-refractivity contribution >= 4 is 17.7 Å². The fourth-order valence-electron chi connectivity index (χ4n) is 3.19. The van der Waals surface area contributed by atoms with Crippen LogP contribution in [0.25, 0.3) is 11.1 Å². The summed E-state index contributed by atoms with van der Waals surface area (Å²) in [5, 5.41) is 6.74. The molecule has 32 heavy (non-hydrogen) atoms. The van der Waals surface area contributed by atoms with Gasteiger partial charge in [-0.15, -0.1) is 11.8 Å². The molecule has 0 unspecified atom stereocenters. The maximum absolute atomic E-state index is 12.7. The number of thioether (sulfide) groups is 1. The van der Waals surface area contributed by atoms with Crippen molar-refractivity contribution in [3.63, 3.8) is 0 Å². The van der Waals surface area contributed by atoms with Crippen LogP contribution in [0.1, 0.15) is 22.1 Å². The second-order valence-electron chi connectivity index (χ2n) is 6.99. The molecule has 4 rings (SSSR count). The molecule has 0 spiro atoms. The van der Waals surface area contributed by atoms with E-state index in [1.165, 1.54) is 11.8 Å². The fraction of sp³-hybridized carbons (Fsp3) is 0.160. The average molecular weight is 446 g/mol. The number of rotatable bonds is 9. The number of nitrogens with zero attached hydrogens (tertiary/aromatic N) is 2. The van der Waals surface area contributed by atoms with Crippen LogP contribution in [0.4, 0.5) is 0 Å². The third-order valence-electron chi connectivity index (χ3n) is 4.67. The first-order valence-electron chi connectivity index (χ1n) is 10.3. The summed E-state index contributed by atoms with van der Waals surface area (Å²) in [5.74, 6) is 2.28. The van der Waals surface area contributed by atoms with E-state index in [0.717, 1.165) is 21.8 Å². The van der Waals surface area contributed by atoms with E-state index < -0.39 is 0 Å². The van der Waals surface area contributed by atoms with E-state index in [4.69, 9.17) is 9.26 Å². The minimum absolute atomic E-state index is 0.144. The summed E-state index contributed by atoms with van der Waals surface area (Å²) >= 11 is 1.49. The van der Waals surface area contributed by atoms with E-state index in [-0.39, 0.29) is 5.91 Å². The van der Waals surface area contributed by atoms with Crippen LogP contribution in [0.3, 0.4) is 0 Å². The molecule has 1 amide bonds. The molecule has 0 saturated heterocycles. The number of nitrogens with one attached hydrogen (secondary N) is 1. The van der Waals surface area contributed by atoms with Crippen molar-refractivity contribution in [2.45, 2.75) is 17.6 Å². The zero-order chi connectivity index (χ0) is 22.2. The summed E-state index contributed by atoms with van der Waals surface area (Å²) in [4.78, 5) is 17.8. The summed E-state index contributed by atoms with van der Waals surface area (Å²) in [6, 6.07) is 25.5. The molecule has 3 aromatic carbocycles. The van der Waals surface area contributed by atoms with E-state index in [1.807, 2.05) is 78.9 Å². The maximum Gasteiger partial charge on any atom is 0.252 e. The zero-order valence-corrected chi connectivity index (χ0v) is 18.5. The predicted molar refractivity (Wildman–Crippen MR) is 125 cm³/mol. The summed E-state index contributed by atoms with van der Waals surface area (Å²) in [6.07, 6.45) is 0. The number of amides is 1. The highest BCUT2D eigenvalue weighted by atomic mass is 32.2. The van der Waals surface area contributed by atoms with Crippen molar-refractivity contribution in [1.82, 2.24) is 15.5 Å². The molecule has 4 aromatic rings. The summed E-state index contributed by atoms with van der Waals surface area (Å²) < 4.78 is 11.1. The van der Waals surface area contributed by atoms with Crippen LogP contribution in [-0.2, 0) is 5.75 Å². The fourth-order valence-corrected chi connectivity index (χ4v) is 4.07. The Labute approximate surface area is 191 Å². The van der Waals surface area contributed by atoms with Gasteiger partial charge in [0.1, 0.15) is 12.4 Å². The Morgan fingerprint density at radius 1 is 1.00 bits per heavy atom. The number of carbonyl (C=O) groups excluding carboxylic acids is 1. The number of aromatic nitrogens is 2. The molecule has 0 atom stereocenters. The van der Waals surface area contributed by atoms with Crippen LogP contribution < -0.4 is 10.1 Å². The third kappa shape index (κ3) is 5.56. The minimum Gasteiger partial charge on any atom is -0.491 e. The topological polar surface area (TPSA) is 77.2 Å². The van der Waals surface area contributed by atoms with Gasteiger partial charge in [0.15, 0.2) is 5.82 Å². The molecule has 0 saturated carbocycles. The number of aryl methyl sites for hydroxylation is 1. The van der Waals surface area contributed by atoms with Crippen LogP contribution in [0.5, 0.6) is 5.75 Å². The Morgan fingerprint density at radius 2 is 1.75 bits per heavy atom. The minimum atomic E-state index is -0.144. The number of para-hydroxylation sites is 1. The maximum atomic E-state index is 12.7. The van der Waals surface area contributed by atoms with Gasteiger partial charge in [0.25, 0.3) is 5.91 Å². The first-order chi connectivity index (χ1) is 15.7. The number of carbonyl (C=O) groups is 1. The lowest BCUT2D eigenvalue weighted by Gasteiger charge is -2.13. The van der Waals surface area contributed by atoms with Gasteiger partial charge in [-0.2, -0.15) is 4.98 Å². The summed E-state index contributed by atoms with van der Waals surface area (Å²) in [5.41, 5.74) is 2.73. The monoisotopic (exact) mass is 445 g/mol. The lowest BCUT2D eigenvalue weighted by molar-refractivity contribution is 0.0944. The largest absolute Gasteiger partial charge is 0.491 e. The Kier molecular flexibility index (Phi) is 7.19. The predicted octanol–water partition coefficient (Wildman–Crippen LogP) is 5.15. The molecule has 0 aliphatic rings. The van der Waals surface area contributed by atoms with Crippen molar-refractivity contribution in [3.05, 3.63) is 96.1 Å². The molecule has 1 N–H and O–H groups in total. The Balaban J connectivity index is 1.33. The highest BCUT2D eigenvalue weighted by molar-refractivity contribution is 7.98. The first kappa shape index (κ1) is 21.6. The Bertz CT molecular complexity index is 1180.